The molecule has 0 radical (unpaired) electrons. The molecule has 3 aliphatic rings. The van der Waals surface area contributed by atoms with Gasteiger partial charge in [0.2, 0.25) is 0 Å². The van der Waals surface area contributed by atoms with E-state index in [0.29, 0.717) is 22.7 Å². The molecular weight excluding hydrogens is 324 g/mol. The van der Waals surface area contributed by atoms with Crippen LogP contribution in [0, 0.1) is 24.2 Å². The molecule has 0 unspecified atom stereocenters. The zero-order valence-electron chi connectivity index (χ0n) is 15.3. The van der Waals surface area contributed by atoms with Gasteiger partial charge < -0.3 is 4.98 Å². The number of rotatable bonds is 2. The van der Waals surface area contributed by atoms with Crippen molar-refractivity contribution in [3.63, 3.8) is 0 Å². The fourth-order valence-corrected chi connectivity index (χ4v) is 4.52. The quantitative estimate of drug-likeness (QED) is 0.713. The molecular formula is C21H22N4O. The Kier molecular flexibility index (Phi) is 3.09. The van der Waals surface area contributed by atoms with Crippen LogP contribution in [-0.2, 0) is 0 Å². The summed E-state index contributed by atoms with van der Waals surface area (Å²) >= 11 is 0. The number of fused-ring (bicyclic) bond motifs is 4. The number of nitrogens with zero attached hydrogens (tertiary/aromatic N) is 3. The lowest BCUT2D eigenvalue weighted by Crippen LogP contribution is -2.46. The molecule has 2 heterocycles. The molecule has 0 spiro atoms. The van der Waals surface area contributed by atoms with Crippen molar-refractivity contribution in [2.24, 2.45) is 22.4 Å². The fourth-order valence-electron chi connectivity index (χ4n) is 4.52. The van der Waals surface area contributed by atoms with Gasteiger partial charge in [-0.2, -0.15) is 9.78 Å². The normalized spacial score (nSPS) is 24.2. The van der Waals surface area contributed by atoms with Gasteiger partial charge in [-0.1, -0.05) is 38.1 Å². The molecule has 1 aromatic carbocycles. The standard InChI is InChI=1S/C21H22N4O/c1-12-23-18-16-6-4-5-7-17(16)24-19(18)20(26)25(12)22-11-13-8-14-10-15(9-13)21(14,2)3/h4-8,11,14-15,24H,9-10H2,1-3H3/b22-11-/t14-,15-/m1/s1. The first-order valence-corrected chi connectivity index (χ1v) is 9.20. The molecule has 26 heavy (non-hydrogen) atoms. The van der Waals surface area contributed by atoms with E-state index in [4.69, 9.17) is 0 Å². The van der Waals surface area contributed by atoms with E-state index in [1.165, 1.54) is 16.7 Å². The van der Waals surface area contributed by atoms with Gasteiger partial charge in [0.05, 0.1) is 6.21 Å². The van der Waals surface area contributed by atoms with Gasteiger partial charge in [0.25, 0.3) is 5.56 Å². The van der Waals surface area contributed by atoms with E-state index in [2.05, 4.69) is 35.0 Å². The van der Waals surface area contributed by atoms with Crippen LogP contribution < -0.4 is 5.56 Å². The summed E-state index contributed by atoms with van der Waals surface area (Å²) in [5, 5.41) is 5.45. The SMILES string of the molecule is Cc1nc2c([nH]c3ccccc32)c(=O)n1/N=C\C1=C[C@@H]2C[C@@H](C1)C2(C)C. The van der Waals surface area contributed by atoms with Crippen molar-refractivity contribution in [1.82, 2.24) is 14.6 Å². The average Bonchev–Trinajstić information content (AvgIpc) is 3.00. The predicted octanol–water partition coefficient (Wildman–Crippen LogP) is 4.01. The van der Waals surface area contributed by atoms with Gasteiger partial charge >= 0.3 is 0 Å². The molecule has 1 saturated carbocycles. The van der Waals surface area contributed by atoms with Gasteiger partial charge in [-0.15, -0.1) is 0 Å². The van der Waals surface area contributed by atoms with Crippen LogP contribution in [0.3, 0.4) is 0 Å². The number of H-pyrrole nitrogens is 1. The van der Waals surface area contributed by atoms with Crippen molar-refractivity contribution >= 4 is 28.2 Å². The van der Waals surface area contributed by atoms with Gasteiger partial charge in [0, 0.05) is 10.9 Å². The zero-order chi connectivity index (χ0) is 18.1. The van der Waals surface area contributed by atoms with Crippen molar-refractivity contribution < 1.29 is 0 Å². The largest absolute Gasteiger partial charge is 0.349 e. The van der Waals surface area contributed by atoms with Gasteiger partial charge in [-0.25, -0.2) is 4.98 Å². The Labute approximate surface area is 151 Å². The summed E-state index contributed by atoms with van der Waals surface area (Å²) in [7, 11) is 0. The van der Waals surface area contributed by atoms with E-state index in [-0.39, 0.29) is 5.56 Å². The van der Waals surface area contributed by atoms with E-state index in [1.54, 1.807) is 0 Å². The number of aromatic amines is 1. The number of hydrogen-bond acceptors (Lipinski definition) is 3. The number of allylic oxidation sites excluding steroid dienone is 2. The van der Waals surface area contributed by atoms with E-state index in [0.717, 1.165) is 28.8 Å². The highest BCUT2D eigenvalue weighted by molar-refractivity contribution is 6.04. The summed E-state index contributed by atoms with van der Waals surface area (Å²) in [5.74, 6) is 1.96. The smallest absolute Gasteiger partial charge is 0.298 e. The average molecular weight is 346 g/mol. The summed E-state index contributed by atoms with van der Waals surface area (Å²) in [6.07, 6.45) is 6.51. The number of aromatic nitrogens is 3. The van der Waals surface area contributed by atoms with E-state index in [9.17, 15) is 4.79 Å². The van der Waals surface area contributed by atoms with Gasteiger partial charge in [-0.05, 0) is 48.7 Å². The summed E-state index contributed by atoms with van der Waals surface area (Å²) in [6, 6.07) is 7.84. The molecule has 3 aromatic rings. The van der Waals surface area contributed by atoms with Crippen molar-refractivity contribution in [1.29, 1.82) is 0 Å². The second kappa shape index (κ2) is 5.16. The lowest BCUT2D eigenvalue weighted by molar-refractivity contribution is 0.00130. The molecule has 1 N–H and O–H groups in total. The summed E-state index contributed by atoms with van der Waals surface area (Å²) in [5.41, 5.74) is 3.64. The molecule has 2 bridgehead atoms. The van der Waals surface area contributed by atoms with Crippen LogP contribution in [0.2, 0.25) is 0 Å². The minimum atomic E-state index is -0.151. The molecule has 1 fully saturated rings. The molecule has 2 aromatic heterocycles. The molecule has 5 heteroatoms. The molecule has 0 saturated heterocycles. The van der Waals surface area contributed by atoms with Crippen LogP contribution in [0.4, 0.5) is 0 Å². The third-order valence-corrected chi connectivity index (χ3v) is 6.45. The maximum atomic E-state index is 12.9. The highest BCUT2D eigenvalue weighted by Gasteiger charge is 2.49. The number of hydrogen-bond donors (Lipinski definition) is 1. The Bertz CT molecular complexity index is 1160. The minimum Gasteiger partial charge on any atom is -0.349 e. The Morgan fingerprint density at radius 3 is 2.88 bits per heavy atom. The number of benzene rings is 1. The van der Waals surface area contributed by atoms with Gasteiger partial charge in [-0.3, -0.25) is 4.79 Å². The molecule has 2 atom stereocenters. The number of nitrogens with one attached hydrogen (secondary N) is 1. The molecule has 5 nitrogen and oxygen atoms in total. The topological polar surface area (TPSA) is 63.0 Å². The molecule has 0 aliphatic heterocycles. The zero-order valence-corrected chi connectivity index (χ0v) is 15.3. The molecule has 0 amide bonds. The number of aryl methyl sites for hydroxylation is 1. The van der Waals surface area contributed by atoms with Crippen LogP contribution in [0.5, 0.6) is 0 Å². The molecule has 3 aliphatic carbocycles. The van der Waals surface area contributed by atoms with E-state index < -0.39 is 0 Å². The van der Waals surface area contributed by atoms with Crippen LogP contribution in [0.15, 0.2) is 45.8 Å². The summed E-state index contributed by atoms with van der Waals surface area (Å²) in [4.78, 5) is 20.8. The van der Waals surface area contributed by atoms with Crippen molar-refractivity contribution in [3.05, 3.63) is 52.1 Å². The van der Waals surface area contributed by atoms with Crippen LogP contribution in [0.1, 0.15) is 32.5 Å². The number of para-hydroxylation sites is 1. The maximum Gasteiger partial charge on any atom is 0.298 e. The van der Waals surface area contributed by atoms with Crippen molar-refractivity contribution in [2.75, 3.05) is 0 Å². The lowest BCUT2D eigenvalue weighted by Gasteiger charge is -2.54. The highest BCUT2D eigenvalue weighted by atomic mass is 16.1. The van der Waals surface area contributed by atoms with Crippen molar-refractivity contribution in [2.45, 2.75) is 33.6 Å². The van der Waals surface area contributed by atoms with Crippen LogP contribution in [0.25, 0.3) is 21.9 Å². The van der Waals surface area contributed by atoms with Gasteiger partial charge in [0.1, 0.15) is 16.9 Å². The first-order chi connectivity index (χ1) is 12.4. The van der Waals surface area contributed by atoms with Crippen molar-refractivity contribution in [3.8, 4) is 0 Å². The van der Waals surface area contributed by atoms with E-state index in [1.807, 2.05) is 37.4 Å². The second-order valence-corrected chi connectivity index (χ2v) is 8.22. The third kappa shape index (κ3) is 2.06. The predicted molar refractivity (Wildman–Crippen MR) is 105 cm³/mol. The maximum absolute atomic E-state index is 12.9. The van der Waals surface area contributed by atoms with Crippen LogP contribution >= 0.6 is 0 Å². The summed E-state index contributed by atoms with van der Waals surface area (Å²) < 4.78 is 1.41. The lowest BCUT2D eigenvalue weighted by atomic mass is 9.50. The Hall–Kier alpha value is -2.69. The molecule has 6 rings (SSSR count). The first kappa shape index (κ1) is 15.6. The Morgan fingerprint density at radius 2 is 2.15 bits per heavy atom. The second-order valence-electron chi connectivity index (χ2n) is 8.22. The third-order valence-electron chi connectivity index (χ3n) is 6.45. The monoisotopic (exact) mass is 346 g/mol. The van der Waals surface area contributed by atoms with E-state index >= 15 is 0 Å². The Balaban J connectivity index is 1.58. The fraction of sp³-hybridized carbons (Fsp3) is 0.381. The highest BCUT2D eigenvalue weighted by Crippen LogP contribution is 2.57. The molecule has 132 valence electrons. The minimum absolute atomic E-state index is 0.151. The van der Waals surface area contributed by atoms with Gasteiger partial charge in [0.15, 0.2) is 0 Å². The summed E-state index contributed by atoms with van der Waals surface area (Å²) in [6.45, 7) is 6.52. The Morgan fingerprint density at radius 1 is 1.35 bits per heavy atom. The first-order valence-electron chi connectivity index (χ1n) is 9.20. The van der Waals surface area contributed by atoms with Crippen LogP contribution in [-0.4, -0.2) is 20.9 Å².